The predicted octanol–water partition coefficient (Wildman–Crippen LogP) is 3.84. The number of likely N-dealkylation sites (tertiary alicyclic amines) is 1. The Hall–Kier alpha value is -1.91. The van der Waals surface area contributed by atoms with Crippen molar-refractivity contribution in [1.82, 2.24) is 4.90 Å². The van der Waals surface area contributed by atoms with Gasteiger partial charge in [-0.3, -0.25) is 4.90 Å². The van der Waals surface area contributed by atoms with Gasteiger partial charge in [0.05, 0.1) is 29.9 Å². The van der Waals surface area contributed by atoms with Crippen molar-refractivity contribution in [2.45, 2.75) is 46.9 Å². The van der Waals surface area contributed by atoms with Crippen LogP contribution in [0.1, 0.15) is 41.6 Å². The van der Waals surface area contributed by atoms with Gasteiger partial charge in [-0.05, 0) is 60.4 Å². The maximum Gasteiger partial charge on any atom is 0.123 e. The maximum absolute atomic E-state index is 14.1. The second-order valence-electron chi connectivity index (χ2n) is 7.87. The molecule has 144 valence electrons. The molecule has 0 amide bonds. The average Bonchev–Trinajstić information content (AvgIpc) is 3.27. The molecule has 0 aliphatic carbocycles. The first-order valence-corrected chi connectivity index (χ1v) is 10.5. The number of hydrogen-bond acceptors (Lipinski definition) is 5. The number of aliphatic hydroxyl groups is 1. The van der Waals surface area contributed by atoms with Gasteiger partial charge in [0.15, 0.2) is 0 Å². The van der Waals surface area contributed by atoms with E-state index in [1.807, 2.05) is 24.3 Å². The third kappa shape index (κ3) is 3.23. The third-order valence-corrected chi connectivity index (χ3v) is 7.15. The Morgan fingerprint density at radius 1 is 1.21 bits per heavy atom. The number of aliphatic hydroxyl groups excluding tert-OH is 1. The summed E-state index contributed by atoms with van der Waals surface area (Å²) < 4.78 is 20.5. The minimum atomic E-state index is -0.253. The Kier molecular flexibility index (Phi) is 4.64. The summed E-state index contributed by atoms with van der Waals surface area (Å²) in [5.74, 6) is -0.159. The van der Waals surface area contributed by atoms with Gasteiger partial charge in [-0.2, -0.15) is 5.26 Å². The van der Waals surface area contributed by atoms with Crippen LogP contribution in [0.3, 0.4) is 0 Å². The van der Waals surface area contributed by atoms with Crippen LogP contribution in [0.5, 0.6) is 0 Å². The molecular weight excluding hydrogens is 375 g/mol. The molecule has 2 aromatic carbocycles. The lowest BCUT2D eigenvalue weighted by Crippen LogP contribution is -2.31. The molecule has 3 aliphatic rings. The number of nitrogens with zero attached hydrogens (tertiary/aromatic N) is 2. The van der Waals surface area contributed by atoms with E-state index in [-0.39, 0.29) is 30.0 Å². The van der Waals surface area contributed by atoms with Crippen LogP contribution in [0.4, 0.5) is 4.39 Å². The Bertz CT molecular complexity index is 960. The van der Waals surface area contributed by atoms with Gasteiger partial charge < -0.3 is 9.84 Å². The highest BCUT2D eigenvalue weighted by Crippen LogP contribution is 2.53. The highest BCUT2D eigenvalue weighted by atomic mass is 32.2. The number of rotatable bonds is 2. The van der Waals surface area contributed by atoms with Gasteiger partial charge in [0, 0.05) is 35.3 Å². The molecule has 1 unspecified atom stereocenters. The monoisotopic (exact) mass is 396 g/mol. The highest BCUT2D eigenvalue weighted by molar-refractivity contribution is 7.99. The van der Waals surface area contributed by atoms with Crippen LogP contribution in [0.15, 0.2) is 46.2 Å². The lowest BCUT2D eigenvalue weighted by Gasteiger charge is -2.21. The number of nitriles is 1. The Morgan fingerprint density at radius 3 is 2.82 bits per heavy atom. The van der Waals surface area contributed by atoms with Crippen molar-refractivity contribution < 1.29 is 14.2 Å². The molecule has 4 atom stereocenters. The fraction of sp³-hybridized carbons (Fsp3) is 0.409. The predicted molar refractivity (Wildman–Crippen MR) is 104 cm³/mol. The number of β-amino-alcohol motifs (C(OH)–C–C–N with tert-alkyl or cyclic N) is 1. The zero-order valence-electron chi connectivity index (χ0n) is 15.3. The van der Waals surface area contributed by atoms with E-state index in [1.54, 1.807) is 17.8 Å². The van der Waals surface area contributed by atoms with E-state index < -0.39 is 0 Å². The largest absolute Gasteiger partial charge is 0.392 e. The molecule has 2 aromatic rings. The molecule has 0 bridgehead atoms. The molecule has 3 heterocycles. The highest BCUT2D eigenvalue weighted by Gasteiger charge is 2.42. The minimum Gasteiger partial charge on any atom is -0.392 e. The molecule has 5 rings (SSSR count). The van der Waals surface area contributed by atoms with Crippen molar-refractivity contribution in [3.63, 3.8) is 0 Å². The van der Waals surface area contributed by atoms with Crippen LogP contribution in [-0.2, 0) is 4.74 Å². The van der Waals surface area contributed by atoms with Crippen molar-refractivity contribution >= 4 is 11.8 Å². The van der Waals surface area contributed by atoms with Crippen LogP contribution in [0.25, 0.3) is 0 Å². The summed E-state index contributed by atoms with van der Waals surface area (Å²) in [4.78, 5) is 4.37. The molecule has 6 heteroatoms. The normalized spacial score (nSPS) is 28.9. The van der Waals surface area contributed by atoms with Crippen LogP contribution in [-0.4, -0.2) is 41.8 Å². The van der Waals surface area contributed by atoms with E-state index in [9.17, 15) is 14.8 Å². The molecule has 0 spiro atoms. The first-order valence-electron chi connectivity index (χ1n) is 9.68. The van der Waals surface area contributed by atoms with Crippen LogP contribution in [0, 0.1) is 17.1 Å². The topological polar surface area (TPSA) is 56.5 Å². The minimum absolute atomic E-state index is 0.0260. The second-order valence-corrected chi connectivity index (χ2v) is 8.96. The molecule has 4 nitrogen and oxygen atoms in total. The van der Waals surface area contributed by atoms with Gasteiger partial charge in [0.1, 0.15) is 5.82 Å². The molecule has 0 saturated carbocycles. The van der Waals surface area contributed by atoms with Gasteiger partial charge in [-0.15, -0.1) is 0 Å². The number of halogens is 1. The van der Waals surface area contributed by atoms with E-state index >= 15 is 0 Å². The van der Waals surface area contributed by atoms with Gasteiger partial charge >= 0.3 is 0 Å². The Balaban J connectivity index is 1.52. The zero-order valence-corrected chi connectivity index (χ0v) is 16.2. The fourth-order valence-electron chi connectivity index (χ4n) is 4.68. The van der Waals surface area contributed by atoms with Crippen molar-refractivity contribution in [3.05, 3.63) is 58.9 Å². The van der Waals surface area contributed by atoms with Crippen molar-refractivity contribution in [1.29, 1.82) is 5.26 Å². The molecular formula is C22H21FN2O2S. The van der Waals surface area contributed by atoms with E-state index in [0.717, 1.165) is 46.8 Å². The van der Waals surface area contributed by atoms with Crippen molar-refractivity contribution in [2.75, 3.05) is 19.6 Å². The number of hydrogen-bond donors (Lipinski definition) is 1. The van der Waals surface area contributed by atoms with Crippen LogP contribution >= 0.6 is 11.8 Å². The fourth-order valence-corrected chi connectivity index (χ4v) is 5.81. The quantitative estimate of drug-likeness (QED) is 0.836. The first-order chi connectivity index (χ1) is 13.6. The molecule has 0 radical (unpaired) electrons. The maximum atomic E-state index is 14.1. The van der Waals surface area contributed by atoms with Gasteiger partial charge in [-0.1, -0.05) is 11.8 Å². The van der Waals surface area contributed by atoms with Crippen LogP contribution in [0.2, 0.25) is 0 Å². The Morgan fingerprint density at radius 2 is 2.04 bits per heavy atom. The summed E-state index contributed by atoms with van der Waals surface area (Å²) >= 11 is 1.62. The molecule has 28 heavy (non-hydrogen) atoms. The first kappa shape index (κ1) is 18.1. The van der Waals surface area contributed by atoms with E-state index in [4.69, 9.17) is 4.74 Å². The van der Waals surface area contributed by atoms with Crippen molar-refractivity contribution in [2.24, 2.45) is 0 Å². The Labute approximate surface area is 167 Å². The average molecular weight is 396 g/mol. The summed E-state index contributed by atoms with van der Waals surface area (Å²) in [6.45, 7) is 2.34. The second kappa shape index (κ2) is 7.16. The van der Waals surface area contributed by atoms with E-state index in [1.165, 1.54) is 6.07 Å². The standard InChI is InChI=1S/C22H21FN2O2S/c23-14-2-4-21-19(8-14)22-18(17-7-13(10-24)1-3-20(17)28-21)9-16(27-22)12-25-6-5-15(26)11-25/h1-4,7-8,15-16,18,22,26H,5-6,9,11-12H2/t15?,16-,18+,22+/m0/s1. The van der Waals surface area contributed by atoms with E-state index in [2.05, 4.69) is 11.0 Å². The lowest BCUT2D eigenvalue weighted by atomic mass is 9.87. The SMILES string of the molecule is N#Cc1ccc2c(c1)[C@H]1C[C@@H](CN3CCC(O)C3)O[C@H]1c1cc(F)ccc1S2. The summed E-state index contributed by atoms with van der Waals surface area (Å²) in [7, 11) is 0. The number of benzene rings is 2. The summed E-state index contributed by atoms with van der Waals surface area (Å²) in [6.07, 6.45) is 1.19. The van der Waals surface area contributed by atoms with Gasteiger partial charge in [-0.25, -0.2) is 4.39 Å². The lowest BCUT2D eigenvalue weighted by molar-refractivity contribution is 0.0200. The molecule has 2 saturated heterocycles. The van der Waals surface area contributed by atoms with Crippen LogP contribution < -0.4 is 0 Å². The summed E-state index contributed by atoms with van der Waals surface area (Å²) in [5.41, 5.74) is 2.66. The van der Waals surface area contributed by atoms with E-state index in [0.29, 0.717) is 12.1 Å². The molecule has 0 aromatic heterocycles. The van der Waals surface area contributed by atoms with Crippen molar-refractivity contribution in [3.8, 4) is 6.07 Å². The summed E-state index contributed by atoms with van der Waals surface area (Å²) in [5, 5.41) is 19.2. The number of fused-ring (bicyclic) bond motifs is 5. The smallest absolute Gasteiger partial charge is 0.123 e. The zero-order chi connectivity index (χ0) is 19.3. The molecule has 3 aliphatic heterocycles. The molecule has 2 fully saturated rings. The molecule has 1 N–H and O–H groups in total. The number of ether oxygens (including phenoxy) is 1. The summed E-state index contributed by atoms with van der Waals surface area (Å²) in [6, 6.07) is 13.0. The van der Waals surface area contributed by atoms with Gasteiger partial charge in [0.25, 0.3) is 0 Å². The van der Waals surface area contributed by atoms with Gasteiger partial charge in [0.2, 0.25) is 0 Å². The third-order valence-electron chi connectivity index (χ3n) is 5.97.